The van der Waals surface area contributed by atoms with Crippen LogP contribution in [0.5, 0.6) is 0 Å². The van der Waals surface area contributed by atoms with Gasteiger partial charge < -0.3 is 36.6 Å². The molecule has 66 heavy (non-hydrogen) atoms. The summed E-state index contributed by atoms with van der Waals surface area (Å²) in [6.45, 7) is 20.0. The Labute approximate surface area is 408 Å². The van der Waals surface area contributed by atoms with Crippen LogP contribution < -0.4 is 21.7 Å². The Morgan fingerprint density at radius 3 is 1.14 bits per heavy atom. The highest BCUT2D eigenvalue weighted by Gasteiger charge is 2.30. The second-order valence-electron chi connectivity index (χ2n) is 17.9. The molecule has 0 spiro atoms. The molecule has 0 aliphatic rings. The van der Waals surface area contributed by atoms with Gasteiger partial charge in [0.05, 0.1) is 20.3 Å². The van der Waals surface area contributed by atoms with E-state index in [2.05, 4.69) is 134 Å². The zero-order valence-electron chi connectivity index (χ0n) is 42.5. The Morgan fingerprint density at radius 1 is 0.470 bits per heavy atom. The summed E-state index contributed by atoms with van der Waals surface area (Å²) in [7, 11) is 1.23. The summed E-state index contributed by atoms with van der Waals surface area (Å²) in [5.41, 5.74) is 16.5. The topological polar surface area (TPSA) is 180 Å². The Morgan fingerprint density at radius 2 is 0.788 bits per heavy atom. The Kier molecular flexibility index (Phi) is 36.3. The molecule has 13 heteroatoms. The fraction of sp³-hybridized carbons (Fsp3) is 0.623. The molecule has 0 unspecified atom stereocenters. The van der Waals surface area contributed by atoms with E-state index in [-0.39, 0.29) is 11.5 Å². The summed E-state index contributed by atoms with van der Waals surface area (Å²) in [4.78, 5) is 52.1. The van der Waals surface area contributed by atoms with Crippen molar-refractivity contribution < 1.29 is 34.1 Å². The van der Waals surface area contributed by atoms with E-state index in [1.165, 1.54) is 75.2 Å². The average molecular weight is 957 g/mol. The van der Waals surface area contributed by atoms with Crippen molar-refractivity contribution in [3.8, 4) is 0 Å². The first-order valence-corrected chi connectivity index (χ1v) is 26.0. The lowest BCUT2D eigenvalue weighted by atomic mass is 10.0. The zero-order chi connectivity index (χ0) is 49.9. The van der Waals surface area contributed by atoms with Crippen molar-refractivity contribution in [3.63, 3.8) is 0 Å². The van der Waals surface area contributed by atoms with Gasteiger partial charge in [0.2, 0.25) is 17.7 Å². The van der Waals surface area contributed by atoms with Crippen LogP contribution >= 0.6 is 23.5 Å². The molecule has 0 aromatic carbocycles. The van der Waals surface area contributed by atoms with Gasteiger partial charge in [-0.05, 0) is 146 Å². The van der Waals surface area contributed by atoms with Gasteiger partial charge in [-0.3, -0.25) is 14.4 Å². The van der Waals surface area contributed by atoms with Crippen molar-refractivity contribution >= 4 is 47.2 Å². The van der Waals surface area contributed by atoms with Gasteiger partial charge >= 0.3 is 5.97 Å². The molecule has 0 aromatic heterocycles. The fourth-order valence-corrected chi connectivity index (χ4v) is 8.35. The molecule has 0 fully saturated rings. The number of esters is 1. The number of amides is 3. The van der Waals surface area contributed by atoms with Crippen molar-refractivity contribution in [1.82, 2.24) is 16.0 Å². The number of thioether (sulfide) groups is 2. The monoisotopic (exact) mass is 957 g/mol. The molecule has 0 aromatic rings. The maximum absolute atomic E-state index is 13.5. The van der Waals surface area contributed by atoms with E-state index in [0.717, 1.165) is 77.0 Å². The molecule has 4 atom stereocenters. The standard InChI is InChI=1S/C53H88N4O7S2/c1-38(2)18-12-20-40(5)22-14-24-42(7)26-16-28-44(9)30-32-65-36-48(56-50(60)46(54)34-58)52(62)55-47(35-59)51(61)57-49(53(63)64-11)37-66-33-31-45(10)29-17-27-43(8)25-15-23-41(6)21-13-19-39(3)4/h18-19,22-23,26-27,30-31,46-49,58-59H,12-17,20-21,24-25,28-29,32-37,54H2,1-11H3,(H,55,62)(H,56,60)(H,57,61)/b40-22+,41-23+,42-26+,43-27+,44-30+,45-31+/t46-,47-,48-,49-/m0/s1. The fourth-order valence-electron chi connectivity index (χ4n) is 6.34. The van der Waals surface area contributed by atoms with E-state index < -0.39 is 61.1 Å². The van der Waals surface area contributed by atoms with Crippen molar-refractivity contribution in [2.45, 2.75) is 170 Å². The van der Waals surface area contributed by atoms with E-state index in [1.807, 2.05) is 0 Å². The third kappa shape index (κ3) is 33.0. The molecule has 0 aliphatic heterocycles. The van der Waals surface area contributed by atoms with Crippen molar-refractivity contribution in [1.29, 1.82) is 0 Å². The van der Waals surface area contributed by atoms with E-state index >= 15 is 0 Å². The van der Waals surface area contributed by atoms with Gasteiger partial charge in [0.15, 0.2) is 0 Å². The van der Waals surface area contributed by atoms with E-state index in [4.69, 9.17) is 10.5 Å². The minimum Gasteiger partial charge on any atom is -0.467 e. The number of nitrogens with one attached hydrogen (secondary N) is 3. The first-order valence-electron chi connectivity index (χ1n) is 23.6. The maximum Gasteiger partial charge on any atom is 0.329 e. The maximum atomic E-state index is 13.5. The highest BCUT2D eigenvalue weighted by Crippen LogP contribution is 2.17. The van der Waals surface area contributed by atoms with Gasteiger partial charge in [-0.25, -0.2) is 4.79 Å². The third-order valence-corrected chi connectivity index (χ3v) is 12.7. The van der Waals surface area contributed by atoms with Gasteiger partial charge in [0.25, 0.3) is 0 Å². The molecule has 0 rings (SSSR count). The molecular formula is C53H88N4O7S2. The zero-order valence-corrected chi connectivity index (χ0v) is 44.1. The molecule has 3 amide bonds. The lowest BCUT2D eigenvalue weighted by Gasteiger charge is -2.24. The van der Waals surface area contributed by atoms with Crippen LogP contribution in [0.3, 0.4) is 0 Å². The first-order chi connectivity index (χ1) is 31.3. The minimum atomic E-state index is -1.41. The lowest BCUT2D eigenvalue weighted by molar-refractivity contribution is -0.144. The second kappa shape index (κ2) is 38.4. The van der Waals surface area contributed by atoms with Gasteiger partial charge in [0, 0.05) is 23.0 Å². The van der Waals surface area contributed by atoms with Gasteiger partial charge in [-0.2, -0.15) is 23.5 Å². The van der Waals surface area contributed by atoms with Crippen molar-refractivity contribution in [3.05, 3.63) is 93.2 Å². The largest absolute Gasteiger partial charge is 0.467 e. The average Bonchev–Trinajstić information content (AvgIpc) is 3.26. The molecule has 0 bridgehead atoms. The summed E-state index contributed by atoms with van der Waals surface area (Å²) in [6.07, 6.45) is 30.2. The molecule has 11 nitrogen and oxygen atoms in total. The number of aliphatic hydroxyl groups is 2. The number of hydrogen-bond acceptors (Lipinski definition) is 10. The molecule has 0 saturated heterocycles. The summed E-state index contributed by atoms with van der Waals surface area (Å²) >= 11 is 2.86. The molecular weight excluding hydrogens is 869 g/mol. The molecule has 0 saturated carbocycles. The van der Waals surface area contributed by atoms with Gasteiger partial charge in [-0.1, -0.05) is 93.2 Å². The number of allylic oxidation sites excluding steroid dienone is 14. The molecule has 0 radical (unpaired) electrons. The minimum absolute atomic E-state index is 0.137. The molecule has 0 aliphatic carbocycles. The Bertz CT molecular complexity index is 1720. The van der Waals surface area contributed by atoms with Crippen LogP contribution in [0.4, 0.5) is 0 Å². The molecule has 0 heterocycles. The van der Waals surface area contributed by atoms with Crippen LogP contribution in [0.25, 0.3) is 0 Å². The van der Waals surface area contributed by atoms with Crippen LogP contribution in [0.2, 0.25) is 0 Å². The molecule has 374 valence electrons. The Hall–Kier alpha value is -3.62. The predicted octanol–water partition coefficient (Wildman–Crippen LogP) is 9.68. The SMILES string of the molecule is COC(=O)[C@H](CSC/C=C(\C)CC/C=C(\C)CC/C=C(\C)CCC=C(C)C)NC(=O)[C@H](CO)NC(=O)[C@H](CSC/C=C(\C)CC/C=C(\C)CC/C=C(\C)CCC=C(C)C)NC(=O)[C@@H](N)CO. The summed E-state index contributed by atoms with van der Waals surface area (Å²) in [5, 5.41) is 27.3. The van der Waals surface area contributed by atoms with Crippen LogP contribution in [0, 0.1) is 0 Å². The number of ether oxygens (including phenoxy) is 1. The number of carbonyl (C=O) groups is 4. The second-order valence-corrected chi connectivity index (χ2v) is 20.0. The summed E-state index contributed by atoms with van der Waals surface area (Å²) in [6, 6.07) is -4.81. The smallest absolute Gasteiger partial charge is 0.329 e. The van der Waals surface area contributed by atoms with E-state index in [1.54, 1.807) is 0 Å². The van der Waals surface area contributed by atoms with Crippen molar-refractivity contribution in [2.75, 3.05) is 43.3 Å². The molecule has 7 N–H and O–H groups in total. The van der Waals surface area contributed by atoms with Crippen molar-refractivity contribution in [2.24, 2.45) is 5.73 Å². The highest BCUT2D eigenvalue weighted by atomic mass is 32.2. The van der Waals surface area contributed by atoms with E-state index in [9.17, 15) is 29.4 Å². The van der Waals surface area contributed by atoms with E-state index in [0.29, 0.717) is 11.5 Å². The first kappa shape index (κ1) is 62.4. The summed E-state index contributed by atoms with van der Waals surface area (Å²) < 4.78 is 4.95. The number of aliphatic hydroxyl groups excluding tert-OH is 2. The number of hydrogen-bond donors (Lipinski definition) is 6. The predicted molar refractivity (Wildman–Crippen MR) is 281 cm³/mol. The number of nitrogens with two attached hydrogens (primary N) is 1. The normalized spacial score (nSPS) is 14.8. The number of rotatable bonds is 35. The van der Waals surface area contributed by atoms with Crippen LogP contribution in [0.1, 0.15) is 146 Å². The summed E-state index contributed by atoms with van der Waals surface area (Å²) in [5.74, 6) is -1.35. The van der Waals surface area contributed by atoms with Crippen LogP contribution in [0.15, 0.2) is 93.2 Å². The quantitative estimate of drug-likeness (QED) is 0.0204. The van der Waals surface area contributed by atoms with Crippen LogP contribution in [-0.2, 0) is 23.9 Å². The Balaban J connectivity index is 5.23. The van der Waals surface area contributed by atoms with Gasteiger partial charge in [-0.15, -0.1) is 0 Å². The lowest BCUT2D eigenvalue weighted by Crippen LogP contribution is -2.59. The van der Waals surface area contributed by atoms with Gasteiger partial charge in [0.1, 0.15) is 24.2 Å². The highest BCUT2D eigenvalue weighted by molar-refractivity contribution is 7.99. The number of carbonyl (C=O) groups excluding carboxylic acids is 4. The number of methoxy groups -OCH3 is 1. The van der Waals surface area contributed by atoms with Crippen LogP contribution in [-0.4, -0.2) is 101 Å². The third-order valence-electron chi connectivity index (χ3n) is 10.8.